The van der Waals surface area contributed by atoms with E-state index < -0.39 is 11.6 Å². The average Bonchev–Trinajstić information content (AvgIpc) is 3.00. The summed E-state index contributed by atoms with van der Waals surface area (Å²) in [6.07, 6.45) is 1.80. The predicted molar refractivity (Wildman–Crippen MR) is 90.8 cm³/mol. The number of aromatic nitrogens is 1. The van der Waals surface area contributed by atoms with Gasteiger partial charge in [0.1, 0.15) is 11.6 Å². The topological polar surface area (TPSA) is 34.0 Å². The summed E-state index contributed by atoms with van der Waals surface area (Å²) < 4.78 is 29.8. The largest absolute Gasteiger partial charge is 0.318 e. The lowest BCUT2D eigenvalue weighted by Crippen LogP contribution is -2.21. The molecule has 0 fully saturated rings. The van der Waals surface area contributed by atoms with E-state index >= 15 is 0 Å². The van der Waals surface area contributed by atoms with Crippen LogP contribution in [-0.4, -0.2) is 10.4 Å². The molecule has 2 aromatic carbocycles. The Bertz CT molecular complexity index is 960. The van der Waals surface area contributed by atoms with Crippen LogP contribution in [0.25, 0.3) is 5.69 Å². The monoisotopic (exact) mass is 338 g/mol. The van der Waals surface area contributed by atoms with Crippen molar-refractivity contribution in [2.75, 3.05) is 0 Å². The van der Waals surface area contributed by atoms with Crippen molar-refractivity contribution in [3.05, 3.63) is 88.7 Å². The predicted octanol–water partition coefficient (Wildman–Crippen LogP) is 4.15. The summed E-state index contributed by atoms with van der Waals surface area (Å²) in [6, 6.07) is 13.2. The fourth-order valence-electron chi connectivity index (χ4n) is 3.34. The van der Waals surface area contributed by atoms with E-state index in [1.54, 1.807) is 18.3 Å². The maximum absolute atomic E-state index is 14.3. The highest BCUT2D eigenvalue weighted by Crippen LogP contribution is 2.32. The van der Waals surface area contributed by atoms with Crippen LogP contribution in [0.3, 0.4) is 0 Å². The highest BCUT2D eigenvalue weighted by molar-refractivity contribution is 5.94. The summed E-state index contributed by atoms with van der Waals surface area (Å²) in [5.41, 5.74) is 3.43. The molecule has 3 aromatic rings. The van der Waals surface area contributed by atoms with Crippen molar-refractivity contribution in [2.24, 2.45) is 0 Å². The highest BCUT2D eigenvalue weighted by Gasteiger charge is 2.25. The second-order valence-electron chi connectivity index (χ2n) is 6.18. The maximum atomic E-state index is 14.3. The summed E-state index contributed by atoms with van der Waals surface area (Å²) in [5.74, 6) is -1.15. The second kappa shape index (κ2) is 5.93. The molecular formula is C20H16F2N2O. The van der Waals surface area contributed by atoms with Crippen molar-refractivity contribution < 1.29 is 13.6 Å². The van der Waals surface area contributed by atoms with Crippen molar-refractivity contribution in [1.29, 1.82) is 0 Å². The van der Waals surface area contributed by atoms with Crippen molar-refractivity contribution in [2.45, 2.75) is 19.5 Å². The molecule has 1 unspecified atom stereocenters. The van der Waals surface area contributed by atoms with E-state index in [9.17, 15) is 13.6 Å². The average molecular weight is 338 g/mol. The van der Waals surface area contributed by atoms with Crippen molar-refractivity contribution in [3.63, 3.8) is 0 Å². The van der Waals surface area contributed by atoms with Gasteiger partial charge in [-0.25, -0.2) is 8.78 Å². The highest BCUT2D eigenvalue weighted by atomic mass is 19.1. The molecule has 25 heavy (non-hydrogen) atoms. The van der Waals surface area contributed by atoms with Crippen LogP contribution in [0.2, 0.25) is 0 Å². The van der Waals surface area contributed by atoms with E-state index in [0.29, 0.717) is 16.8 Å². The lowest BCUT2D eigenvalue weighted by Gasteiger charge is -2.18. The van der Waals surface area contributed by atoms with E-state index in [-0.39, 0.29) is 18.4 Å². The van der Waals surface area contributed by atoms with Crippen LogP contribution < -0.4 is 5.32 Å². The lowest BCUT2D eigenvalue weighted by atomic mass is 10.0. The first kappa shape index (κ1) is 15.7. The second-order valence-corrected chi connectivity index (χ2v) is 6.18. The van der Waals surface area contributed by atoms with Crippen LogP contribution in [0.1, 0.15) is 40.1 Å². The van der Waals surface area contributed by atoms with Crippen molar-refractivity contribution in [3.8, 4) is 5.69 Å². The number of hydrogen-bond donors (Lipinski definition) is 1. The lowest BCUT2D eigenvalue weighted by molar-refractivity contribution is 0.101. The quantitative estimate of drug-likeness (QED) is 0.712. The number of carbonyl (C=O) groups excluding carboxylic acids is 1. The Hall–Kier alpha value is -2.79. The SMILES string of the molecule is CC(=O)c1ccc(C2NCc3c(F)cc(F)cc3-n3cccc32)cc1. The molecular weight excluding hydrogens is 322 g/mol. The van der Waals surface area contributed by atoms with Gasteiger partial charge in [-0.05, 0) is 30.7 Å². The molecule has 5 heteroatoms. The third-order valence-electron chi connectivity index (χ3n) is 4.61. The van der Waals surface area contributed by atoms with E-state index in [2.05, 4.69) is 5.32 Å². The summed E-state index contributed by atoms with van der Waals surface area (Å²) in [6.45, 7) is 1.81. The van der Waals surface area contributed by atoms with Gasteiger partial charge in [0.15, 0.2) is 5.78 Å². The zero-order valence-corrected chi connectivity index (χ0v) is 13.6. The molecule has 0 saturated carbocycles. The Morgan fingerprint density at radius 1 is 1.16 bits per heavy atom. The van der Waals surface area contributed by atoms with E-state index in [0.717, 1.165) is 17.3 Å². The normalized spacial score (nSPS) is 16.0. The summed E-state index contributed by atoms with van der Waals surface area (Å²) >= 11 is 0. The van der Waals surface area contributed by atoms with E-state index in [1.807, 2.05) is 28.8 Å². The number of halogens is 2. The molecule has 0 radical (unpaired) electrons. The van der Waals surface area contributed by atoms with Crippen LogP contribution in [0, 0.1) is 11.6 Å². The first-order valence-corrected chi connectivity index (χ1v) is 8.04. The Balaban J connectivity index is 1.82. The number of Topliss-reactive ketones (excluding diaryl/α,β-unsaturated/α-hetero) is 1. The number of carbonyl (C=O) groups is 1. The van der Waals surface area contributed by atoms with Crippen LogP contribution in [0.15, 0.2) is 54.7 Å². The Morgan fingerprint density at radius 2 is 1.92 bits per heavy atom. The standard InChI is InChI=1S/C20H16F2N2O/c1-12(25)13-4-6-14(7-5-13)20-18-3-2-8-24(18)19-10-15(21)9-17(22)16(19)11-23-20/h2-10,20,23H,11H2,1H3. The molecule has 0 bridgehead atoms. The fourth-order valence-corrected chi connectivity index (χ4v) is 3.34. The summed E-state index contributed by atoms with van der Waals surface area (Å²) in [7, 11) is 0. The first-order chi connectivity index (χ1) is 12.0. The minimum Gasteiger partial charge on any atom is -0.318 e. The minimum atomic E-state index is -0.597. The van der Waals surface area contributed by atoms with Gasteiger partial charge in [0.2, 0.25) is 0 Å². The number of ketones is 1. The molecule has 1 aliphatic heterocycles. The maximum Gasteiger partial charge on any atom is 0.159 e. The van der Waals surface area contributed by atoms with Gasteiger partial charge < -0.3 is 9.88 Å². The summed E-state index contributed by atoms with van der Waals surface area (Å²) in [4.78, 5) is 11.5. The van der Waals surface area contributed by atoms with Crippen LogP contribution >= 0.6 is 0 Å². The number of fused-ring (bicyclic) bond motifs is 3. The number of benzene rings is 2. The smallest absolute Gasteiger partial charge is 0.159 e. The summed E-state index contributed by atoms with van der Waals surface area (Å²) in [5, 5.41) is 3.34. The van der Waals surface area contributed by atoms with Gasteiger partial charge in [-0.1, -0.05) is 24.3 Å². The Kier molecular flexibility index (Phi) is 3.73. The molecule has 2 heterocycles. The van der Waals surface area contributed by atoms with Gasteiger partial charge in [-0.15, -0.1) is 0 Å². The van der Waals surface area contributed by atoms with Crippen LogP contribution in [0.4, 0.5) is 8.78 Å². The molecule has 1 N–H and O–H groups in total. The molecule has 0 saturated heterocycles. The van der Waals surface area contributed by atoms with Gasteiger partial charge >= 0.3 is 0 Å². The molecule has 1 aromatic heterocycles. The van der Waals surface area contributed by atoms with Crippen molar-refractivity contribution in [1.82, 2.24) is 9.88 Å². The number of rotatable bonds is 2. The number of hydrogen-bond acceptors (Lipinski definition) is 2. The van der Waals surface area contributed by atoms with Gasteiger partial charge in [-0.2, -0.15) is 0 Å². The van der Waals surface area contributed by atoms with Gasteiger partial charge in [0.25, 0.3) is 0 Å². The third kappa shape index (κ3) is 2.66. The molecule has 1 aliphatic rings. The molecule has 0 amide bonds. The zero-order valence-electron chi connectivity index (χ0n) is 13.6. The number of nitrogens with zero attached hydrogens (tertiary/aromatic N) is 1. The molecule has 4 rings (SSSR count). The Morgan fingerprint density at radius 3 is 2.64 bits per heavy atom. The number of nitrogens with one attached hydrogen (secondary N) is 1. The van der Waals surface area contributed by atoms with Crippen molar-refractivity contribution >= 4 is 5.78 Å². The van der Waals surface area contributed by atoms with Crippen LogP contribution in [-0.2, 0) is 6.54 Å². The molecule has 0 spiro atoms. The van der Waals surface area contributed by atoms with Gasteiger partial charge in [-0.3, -0.25) is 4.79 Å². The first-order valence-electron chi connectivity index (χ1n) is 8.04. The van der Waals surface area contributed by atoms with Crippen LogP contribution in [0.5, 0.6) is 0 Å². The van der Waals surface area contributed by atoms with Gasteiger partial charge in [0.05, 0.1) is 11.7 Å². The molecule has 0 aliphatic carbocycles. The van der Waals surface area contributed by atoms with E-state index in [1.165, 1.54) is 13.0 Å². The third-order valence-corrected chi connectivity index (χ3v) is 4.61. The zero-order chi connectivity index (χ0) is 17.6. The Labute approximate surface area is 143 Å². The fraction of sp³-hybridized carbons (Fsp3) is 0.150. The molecule has 1 atom stereocenters. The molecule has 126 valence electrons. The minimum absolute atomic E-state index is 0.00806. The van der Waals surface area contributed by atoms with E-state index in [4.69, 9.17) is 0 Å². The van der Waals surface area contributed by atoms with Gasteiger partial charge in [0, 0.05) is 35.6 Å². The molecule has 3 nitrogen and oxygen atoms in total.